The molecule has 35 heavy (non-hydrogen) atoms. The van der Waals surface area contributed by atoms with Crippen LogP contribution in [0.2, 0.25) is 0 Å². The van der Waals surface area contributed by atoms with Gasteiger partial charge in [-0.15, -0.1) is 0 Å². The Morgan fingerprint density at radius 2 is 1.37 bits per heavy atom. The van der Waals surface area contributed by atoms with E-state index in [0.717, 1.165) is 22.3 Å². The molecule has 2 heterocycles. The Labute approximate surface area is 205 Å². The summed E-state index contributed by atoms with van der Waals surface area (Å²) < 4.78 is 11.8. The Morgan fingerprint density at radius 1 is 0.771 bits per heavy atom. The quantitative estimate of drug-likeness (QED) is 0.227. The van der Waals surface area contributed by atoms with Gasteiger partial charge in [-0.2, -0.15) is 0 Å². The fourth-order valence-electron chi connectivity index (χ4n) is 5.03. The van der Waals surface area contributed by atoms with Crippen molar-refractivity contribution in [2.75, 3.05) is 6.61 Å². The van der Waals surface area contributed by atoms with E-state index in [1.54, 1.807) is 12.1 Å². The number of carbonyl (C=O) groups is 2. The van der Waals surface area contributed by atoms with Crippen molar-refractivity contribution in [3.8, 4) is 22.5 Å². The van der Waals surface area contributed by atoms with Crippen LogP contribution in [0.5, 0.6) is 0 Å². The minimum absolute atomic E-state index is 0.0659. The van der Waals surface area contributed by atoms with Crippen LogP contribution in [0.4, 0.5) is 0 Å². The van der Waals surface area contributed by atoms with Crippen LogP contribution in [0.15, 0.2) is 101 Å². The first-order chi connectivity index (χ1) is 16.9. The first-order valence-electron chi connectivity index (χ1n) is 11.9. The zero-order valence-electron chi connectivity index (χ0n) is 19.9. The molecule has 4 nitrogen and oxygen atoms in total. The molecule has 0 N–H and O–H groups in total. The minimum Gasteiger partial charge on any atom is -0.452 e. The van der Waals surface area contributed by atoms with Crippen LogP contribution in [0.25, 0.3) is 22.5 Å². The normalized spacial score (nSPS) is 18.9. The van der Waals surface area contributed by atoms with Crippen LogP contribution < -0.4 is 0 Å². The molecule has 1 fully saturated rings. The lowest BCUT2D eigenvalue weighted by molar-refractivity contribution is -0.124. The maximum absolute atomic E-state index is 13.4. The minimum atomic E-state index is -0.713. The summed E-state index contributed by atoms with van der Waals surface area (Å²) in [4.78, 5) is 26.6. The van der Waals surface area contributed by atoms with Crippen LogP contribution in [0.3, 0.4) is 0 Å². The van der Waals surface area contributed by atoms with Gasteiger partial charge in [0.2, 0.25) is 5.78 Å². The van der Waals surface area contributed by atoms with Gasteiger partial charge in [-0.1, -0.05) is 84.9 Å². The summed E-state index contributed by atoms with van der Waals surface area (Å²) in [6.45, 7) is 4.22. The first-order valence-corrected chi connectivity index (χ1v) is 11.9. The van der Waals surface area contributed by atoms with Crippen molar-refractivity contribution in [1.82, 2.24) is 0 Å². The standard InChI is InChI=1S/C31H28O4/c1-31(2)28(25(20-34-31)19-21-9-5-3-6-10-21)30(33)29(32)27-18-17-26(35-27)24-15-13-23(14-16-24)22-11-7-4-8-12-22/h3-18,25,28H,19-20H2,1-2H3. The molecule has 0 aliphatic carbocycles. The molecule has 0 radical (unpaired) electrons. The van der Waals surface area contributed by atoms with Crippen molar-refractivity contribution in [3.63, 3.8) is 0 Å². The largest absolute Gasteiger partial charge is 0.452 e. The number of hydrogen-bond acceptors (Lipinski definition) is 4. The Kier molecular flexibility index (Phi) is 6.23. The van der Waals surface area contributed by atoms with E-state index in [1.807, 2.05) is 86.6 Å². The molecule has 0 spiro atoms. The van der Waals surface area contributed by atoms with E-state index < -0.39 is 23.1 Å². The number of benzene rings is 3. The zero-order chi connectivity index (χ0) is 24.4. The molecule has 5 rings (SSSR count). The van der Waals surface area contributed by atoms with Crippen LogP contribution in [-0.4, -0.2) is 23.8 Å². The van der Waals surface area contributed by atoms with Crippen LogP contribution in [0.1, 0.15) is 30.0 Å². The number of carbonyl (C=O) groups excluding carboxylic acids is 2. The van der Waals surface area contributed by atoms with Gasteiger partial charge in [0.1, 0.15) is 5.76 Å². The number of rotatable bonds is 7. The monoisotopic (exact) mass is 464 g/mol. The van der Waals surface area contributed by atoms with E-state index in [0.29, 0.717) is 18.8 Å². The molecule has 1 aliphatic heterocycles. The Bertz CT molecular complexity index is 1320. The fourth-order valence-corrected chi connectivity index (χ4v) is 5.03. The Morgan fingerprint density at radius 3 is 2.06 bits per heavy atom. The molecule has 176 valence electrons. The van der Waals surface area contributed by atoms with Crippen LogP contribution in [-0.2, 0) is 16.0 Å². The molecule has 3 aromatic carbocycles. The van der Waals surface area contributed by atoms with E-state index >= 15 is 0 Å². The first kappa shape index (κ1) is 23.0. The number of ether oxygens (including phenoxy) is 1. The van der Waals surface area contributed by atoms with Crippen molar-refractivity contribution in [2.24, 2.45) is 11.8 Å². The average Bonchev–Trinajstić information content (AvgIpc) is 3.49. The summed E-state index contributed by atoms with van der Waals surface area (Å²) in [6.07, 6.45) is 0.686. The Hall–Kier alpha value is -3.76. The van der Waals surface area contributed by atoms with E-state index in [-0.39, 0.29) is 11.7 Å². The van der Waals surface area contributed by atoms with Gasteiger partial charge in [-0.25, -0.2) is 0 Å². The van der Waals surface area contributed by atoms with E-state index in [4.69, 9.17) is 9.15 Å². The number of Topliss-reactive ketones (excluding diaryl/α,β-unsaturated/α-hetero) is 2. The maximum atomic E-state index is 13.4. The molecular formula is C31H28O4. The smallest absolute Gasteiger partial charge is 0.264 e. The second-order valence-corrected chi connectivity index (χ2v) is 9.64. The summed E-state index contributed by atoms with van der Waals surface area (Å²) in [5.74, 6) is -1.02. The highest BCUT2D eigenvalue weighted by Gasteiger charge is 2.49. The van der Waals surface area contributed by atoms with Crippen molar-refractivity contribution in [3.05, 3.63) is 108 Å². The van der Waals surface area contributed by atoms with Gasteiger partial charge in [0.15, 0.2) is 5.76 Å². The topological polar surface area (TPSA) is 56.5 Å². The number of furan rings is 1. The highest BCUT2D eigenvalue weighted by Crippen LogP contribution is 2.39. The van der Waals surface area contributed by atoms with Gasteiger partial charge in [0.05, 0.1) is 18.1 Å². The molecule has 0 bridgehead atoms. The van der Waals surface area contributed by atoms with E-state index in [1.165, 1.54) is 0 Å². The molecule has 1 aliphatic rings. The second kappa shape index (κ2) is 9.47. The predicted molar refractivity (Wildman–Crippen MR) is 136 cm³/mol. The van der Waals surface area contributed by atoms with Crippen LogP contribution >= 0.6 is 0 Å². The van der Waals surface area contributed by atoms with E-state index in [2.05, 4.69) is 12.1 Å². The maximum Gasteiger partial charge on any atom is 0.264 e. The highest BCUT2D eigenvalue weighted by atomic mass is 16.5. The third-order valence-corrected chi connectivity index (χ3v) is 6.84. The summed E-state index contributed by atoms with van der Waals surface area (Å²) >= 11 is 0. The van der Waals surface area contributed by atoms with Gasteiger partial charge < -0.3 is 9.15 Å². The third kappa shape index (κ3) is 4.75. The molecule has 4 aromatic rings. The van der Waals surface area contributed by atoms with Gasteiger partial charge in [0, 0.05) is 5.56 Å². The summed E-state index contributed by atoms with van der Waals surface area (Å²) in [5, 5.41) is 0. The van der Waals surface area contributed by atoms with Crippen LogP contribution in [0, 0.1) is 11.8 Å². The van der Waals surface area contributed by atoms with Gasteiger partial charge >= 0.3 is 0 Å². The third-order valence-electron chi connectivity index (χ3n) is 6.84. The summed E-state index contributed by atoms with van der Waals surface area (Å²) in [5.41, 5.74) is 3.49. The second-order valence-electron chi connectivity index (χ2n) is 9.64. The molecule has 2 unspecified atom stereocenters. The average molecular weight is 465 g/mol. The lowest BCUT2D eigenvalue weighted by atomic mass is 9.76. The molecule has 1 aromatic heterocycles. The molecule has 4 heteroatoms. The molecule has 0 saturated carbocycles. The molecular weight excluding hydrogens is 436 g/mol. The number of ketones is 2. The summed E-state index contributed by atoms with van der Waals surface area (Å²) in [7, 11) is 0. The van der Waals surface area contributed by atoms with Gasteiger partial charge in [-0.05, 0) is 55.0 Å². The predicted octanol–water partition coefficient (Wildman–Crippen LogP) is 6.65. The van der Waals surface area contributed by atoms with Gasteiger partial charge in [0.25, 0.3) is 5.78 Å². The lowest BCUT2D eigenvalue weighted by Gasteiger charge is -2.26. The molecule has 1 saturated heterocycles. The fraction of sp³-hybridized carbons (Fsp3) is 0.226. The van der Waals surface area contributed by atoms with E-state index in [9.17, 15) is 9.59 Å². The molecule has 2 atom stereocenters. The Balaban J connectivity index is 1.34. The lowest BCUT2D eigenvalue weighted by Crippen LogP contribution is -2.40. The number of hydrogen-bond donors (Lipinski definition) is 0. The van der Waals surface area contributed by atoms with Crippen molar-refractivity contribution in [1.29, 1.82) is 0 Å². The molecule has 0 amide bonds. The SMILES string of the molecule is CC1(C)OCC(Cc2ccccc2)C1C(=O)C(=O)c1ccc(-c2ccc(-c3ccccc3)cc2)o1. The summed E-state index contributed by atoms with van der Waals surface area (Å²) in [6, 6.07) is 31.4. The zero-order valence-corrected chi connectivity index (χ0v) is 19.9. The van der Waals surface area contributed by atoms with Crippen molar-refractivity contribution < 1.29 is 18.7 Å². The van der Waals surface area contributed by atoms with Crippen molar-refractivity contribution in [2.45, 2.75) is 25.9 Å². The highest BCUT2D eigenvalue weighted by molar-refractivity contribution is 6.44. The van der Waals surface area contributed by atoms with Crippen molar-refractivity contribution >= 4 is 11.6 Å². The van der Waals surface area contributed by atoms with Gasteiger partial charge in [-0.3, -0.25) is 9.59 Å².